The smallest absolute Gasteiger partial charge is 0.226 e. The Morgan fingerprint density at radius 3 is 2.52 bits per heavy atom. The summed E-state index contributed by atoms with van der Waals surface area (Å²) in [7, 11) is 1.78. The number of hydrogen-bond donors (Lipinski definition) is 0. The Balaban J connectivity index is 1.53. The zero-order valence-electron chi connectivity index (χ0n) is 14.6. The summed E-state index contributed by atoms with van der Waals surface area (Å²) >= 11 is 0. The normalized spacial score (nSPS) is 13.2. The molecule has 0 fully saturated rings. The molecule has 0 radical (unpaired) electrons. The summed E-state index contributed by atoms with van der Waals surface area (Å²) in [6, 6.07) is 17.7. The van der Waals surface area contributed by atoms with Crippen LogP contribution in [-0.2, 0) is 16.0 Å². The van der Waals surface area contributed by atoms with Crippen molar-refractivity contribution in [3.05, 3.63) is 60.2 Å². The summed E-state index contributed by atoms with van der Waals surface area (Å²) in [4.78, 5) is 28.4. The first-order chi connectivity index (χ1) is 12.2. The zero-order chi connectivity index (χ0) is 17.6. The molecule has 0 saturated carbocycles. The molecule has 0 N–H and O–H groups in total. The second kappa shape index (κ2) is 7.97. The molecular formula is C21H24N2O2. The highest BCUT2D eigenvalue weighted by Gasteiger charge is 2.22. The minimum absolute atomic E-state index is 0.0399. The predicted octanol–water partition coefficient (Wildman–Crippen LogP) is 3.80. The van der Waals surface area contributed by atoms with Crippen LogP contribution in [0.4, 0.5) is 11.4 Å². The Bertz CT molecular complexity index is 743. The van der Waals surface area contributed by atoms with Crippen molar-refractivity contribution in [2.75, 3.05) is 23.4 Å². The van der Waals surface area contributed by atoms with Gasteiger partial charge in [0.05, 0.1) is 0 Å². The van der Waals surface area contributed by atoms with Gasteiger partial charge in [-0.3, -0.25) is 9.59 Å². The lowest BCUT2D eigenvalue weighted by Crippen LogP contribution is -2.35. The number of aryl methyl sites for hydroxylation is 1. The standard InChI is InChI=1S/C21H24N2O2/c1-22(18-11-3-2-4-12-18)20(24)14-7-15-21(25)23-16-8-10-17-9-5-6-13-19(17)23/h2-6,9,11-13H,7-8,10,14-16H2,1H3. The van der Waals surface area contributed by atoms with Gasteiger partial charge in [-0.25, -0.2) is 0 Å². The van der Waals surface area contributed by atoms with E-state index in [0.717, 1.165) is 30.8 Å². The maximum atomic E-state index is 12.6. The molecule has 1 aliphatic rings. The van der Waals surface area contributed by atoms with Crippen molar-refractivity contribution in [2.24, 2.45) is 0 Å². The summed E-state index contributed by atoms with van der Waals surface area (Å²) in [5.41, 5.74) is 3.15. The summed E-state index contributed by atoms with van der Waals surface area (Å²) in [6.45, 7) is 0.772. The summed E-state index contributed by atoms with van der Waals surface area (Å²) in [5, 5.41) is 0. The number of carbonyl (C=O) groups excluding carboxylic acids is 2. The van der Waals surface area contributed by atoms with Crippen molar-refractivity contribution < 1.29 is 9.59 Å². The molecule has 130 valence electrons. The number of anilines is 2. The van der Waals surface area contributed by atoms with E-state index in [-0.39, 0.29) is 11.8 Å². The first-order valence-electron chi connectivity index (χ1n) is 8.86. The Morgan fingerprint density at radius 2 is 1.72 bits per heavy atom. The summed E-state index contributed by atoms with van der Waals surface area (Å²) in [6.07, 6.45) is 3.39. The number of rotatable bonds is 5. The van der Waals surface area contributed by atoms with Gasteiger partial charge in [-0.1, -0.05) is 36.4 Å². The molecule has 0 unspecified atom stereocenters. The van der Waals surface area contributed by atoms with E-state index >= 15 is 0 Å². The van der Waals surface area contributed by atoms with Crippen LogP contribution in [0.1, 0.15) is 31.2 Å². The number of nitrogens with zero attached hydrogens (tertiary/aromatic N) is 2. The molecule has 2 aromatic carbocycles. The van der Waals surface area contributed by atoms with Gasteiger partial charge in [0.15, 0.2) is 0 Å². The number of para-hydroxylation sites is 2. The van der Waals surface area contributed by atoms with Gasteiger partial charge < -0.3 is 9.80 Å². The second-order valence-corrected chi connectivity index (χ2v) is 6.42. The second-order valence-electron chi connectivity index (χ2n) is 6.42. The average molecular weight is 336 g/mol. The maximum Gasteiger partial charge on any atom is 0.226 e. The van der Waals surface area contributed by atoms with E-state index in [4.69, 9.17) is 0 Å². The Morgan fingerprint density at radius 1 is 1.00 bits per heavy atom. The molecule has 1 heterocycles. The third-order valence-electron chi connectivity index (χ3n) is 4.71. The van der Waals surface area contributed by atoms with Crippen LogP contribution in [0.15, 0.2) is 54.6 Å². The highest BCUT2D eigenvalue weighted by molar-refractivity contribution is 5.96. The monoisotopic (exact) mass is 336 g/mol. The van der Waals surface area contributed by atoms with E-state index in [0.29, 0.717) is 19.3 Å². The van der Waals surface area contributed by atoms with Crippen molar-refractivity contribution in [3.8, 4) is 0 Å². The molecule has 2 aromatic rings. The Labute approximate surface area is 149 Å². The van der Waals surface area contributed by atoms with Gasteiger partial charge in [0, 0.05) is 37.8 Å². The molecule has 2 amide bonds. The predicted molar refractivity (Wildman–Crippen MR) is 101 cm³/mol. The average Bonchev–Trinajstić information content (AvgIpc) is 2.67. The quantitative estimate of drug-likeness (QED) is 0.833. The fourth-order valence-electron chi connectivity index (χ4n) is 3.28. The molecule has 0 spiro atoms. The van der Waals surface area contributed by atoms with Crippen LogP contribution in [0.5, 0.6) is 0 Å². The van der Waals surface area contributed by atoms with Crippen molar-refractivity contribution in [1.82, 2.24) is 0 Å². The molecule has 0 bridgehead atoms. The SMILES string of the molecule is CN(C(=O)CCCC(=O)N1CCCc2ccccc21)c1ccccc1. The molecule has 0 aliphatic carbocycles. The lowest BCUT2D eigenvalue weighted by molar-refractivity contribution is -0.119. The van der Waals surface area contributed by atoms with Crippen LogP contribution in [0.3, 0.4) is 0 Å². The van der Waals surface area contributed by atoms with Gasteiger partial charge >= 0.3 is 0 Å². The van der Waals surface area contributed by atoms with Crippen LogP contribution in [0, 0.1) is 0 Å². The molecule has 1 aliphatic heterocycles. The zero-order valence-corrected chi connectivity index (χ0v) is 14.6. The number of amides is 2. The molecule has 25 heavy (non-hydrogen) atoms. The van der Waals surface area contributed by atoms with Crippen molar-refractivity contribution in [1.29, 1.82) is 0 Å². The number of fused-ring (bicyclic) bond motifs is 1. The molecule has 0 aromatic heterocycles. The maximum absolute atomic E-state index is 12.6. The van der Waals surface area contributed by atoms with Crippen LogP contribution in [-0.4, -0.2) is 25.4 Å². The molecular weight excluding hydrogens is 312 g/mol. The van der Waals surface area contributed by atoms with E-state index in [1.54, 1.807) is 11.9 Å². The topological polar surface area (TPSA) is 40.6 Å². The van der Waals surface area contributed by atoms with Gasteiger partial charge in [0.2, 0.25) is 11.8 Å². The number of benzene rings is 2. The molecule has 3 rings (SSSR count). The van der Waals surface area contributed by atoms with Crippen LogP contribution in [0.25, 0.3) is 0 Å². The number of carbonyl (C=O) groups is 2. The van der Waals surface area contributed by atoms with Gasteiger partial charge in [0.1, 0.15) is 0 Å². The van der Waals surface area contributed by atoms with Crippen molar-refractivity contribution >= 4 is 23.2 Å². The van der Waals surface area contributed by atoms with Crippen LogP contribution >= 0.6 is 0 Å². The minimum Gasteiger partial charge on any atom is -0.316 e. The van der Waals surface area contributed by atoms with E-state index in [1.165, 1.54) is 5.56 Å². The summed E-state index contributed by atoms with van der Waals surface area (Å²) < 4.78 is 0. The third kappa shape index (κ3) is 4.08. The third-order valence-corrected chi connectivity index (χ3v) is 4.71. The molecule has 4 heteroatoms. The molecule has 0 saturated heterocycles. The van der Waals surface area contributed by atoms with Gasteiger partial charge in [-0.2, -0.15) is 0 Å². The van der Waals surface area contributed by atoms with Crippen LogP contribution < -0.4 is 9.80 Å². The first-order valence-corrected chi connectivity index (χ1v) is 8.86. The number of hydrogen-bond acceptors (Lipinski definition) is 2. The highest BCUT2D eigenvalue weighted by atomic mass is 16.2. The van der Waals surface area contributed by atoms with E-state index < -0.39 is 0 Å². The Kier molecular flexibility index (Phi) is 5.49. The summed E-state index contributed by atoms with van der Waals surface area (Å²) in [5.74, 6) is 0.153. The van der Waals surface area contributed by atoms with E-state index in [2.05, 4.69) is 6.07 Å². The lowest BCUT2D eigenvalue weighted by Gasteiger charge is -2.29. The van der Waals surface area contributed by atoms with Gasteiger partial charge in [0.25, 0.3) is 0 Å². The Hall–Kier alpha value is -2.62. The van der Waals surface area contributed by atoms with E-state index in [1.807, 2.05) is 53.4 Å². The highest BCUT2D eigenvalue weighted by Crippen LogP contribution is 2.27. The van der Waals surface area contributed by atoms with E-state index in [9.17, 15) is 9.59 Å². The van der Waals surface area contributed by atoms with Gasteiger partial charge in [-0.05, 0) is 43.0 Å². The van der Waals surface area contributed by atoms with Gasteiger partial charge in [-0.15, -0.1) is 0 Å². The van der Waals surface area contributed by atoms with Crippen molar-refractivity contribution in [3.63, 3.8) is 0 Å². The minimum atomic E-state index is 0.0399. The fraction of sp³-hybridized carbons (Fsp3) is 0.333. The largest absolute Gasteiger partial charge is 0.316 e. The first kappa shape index (κ1) is 17.2. The lowest BCUT2D eigenvalue weighted by atomic mass is 10.0. The molecule has 0 atom stereocenters. The fourth-order valence-corrected chi connectivity index (χ4v) is 3.28. The van der Waals surface area contributed by atoms with Crippen LogP contribution in [0.2, 0.25) is 0 Å². The van der Waals surface area contributed by atoms with Crippen molar-refractivity contribution in [2.45, 2.75) is 32.1 Å². The molecule has 4 nitrogen and oxygen atoms in total.